The first-order chi connectivity index (χ1) is 13.0. The molecule has 0 saturated carbocycles. The van der Waals surface area contributed by atoms with Gasteiger partial charge in [0.15, 0.2) is 0 Å². The third-order valence-electron chi connectivity index (χ3n) is 4.65. The van der Waals surface area contributed by atoms with Crippen LogP contribution in [0.25, 0.3) is 10.9 Å². The molecule has 9 heteroatoms. The molecule has 1 aromatic carbocycles. The number of nitrogens with one attached hydrogen (secondary N) is 1. The number of nitrogens with two attached hydrogens (primary N) is 1. The van der Waals surface area contributed by atoms with Crippen LogP contribution in [0, 0.1) is 0 Å². The summed E-state index contributed by atoms with van der Waals surface area (Å²) in [4.78, 5) is 19.0. The minimum absolute atomic E-state index is 0.143. The number of aromatic nitrogens is 4. The van der Waals surface area contributed by atoms with Gasteiger partial charge in [0.1, 0.15) is 12.1 Å². The van der Waals surface area contributed by atoms with Crippen molar-refractivity contribution < 1.29 is 5.11 Å². The Kier molecular flexibility index (Phi) is 4.67. The largest absolute Gasteiger partial charge is 0.391 e. The van der Waals surface area contributed by atoms with Crippen LogP contribution in [-0.4, -0.2) is 44.2 Å². The Hall–Kier alpha value is -2.71. The Labute approximate surface area is 161 Å². The van der Waals surface area contributed by atoms with Crippen molar-refractivity contribution in [2.75, 3.05) is 29.0 Å². The normalized spacial score (nSPS) is 18.0. The van der Waals surface area contributed by atoms with Crippen LogP contribution in [0.4, 0.5) is 17.7 Å². The molecule has 0 radical (unpaired) electrons. The number of anilines is 3. The summed E-state index contributed by atoms with van der Waals surface area (Å²) in [6.45, 7) is 3.32. The zero-order chi connectivity index (χ0) is 19.0. The molecule has 2 aromatic heterocycles. The first kappa shape index (κ1) is 17.7. The number of hydrogen-bond donors (Lipinski definition) is 3. The summed E-state index contributed by atoms with van der Waals surface area (Å²) in [6, 6.07) is 7.55. The number of rotatable bonds is 4. The topological polar surface area (TPSA) is 113 Å². The second kappa shape index (κ2) is 7.13. The van der Waals surface area contributed by atoms with Gasteiger partial charge in [-0.15, -0.1) is 0 Å². The number of nitrogen functional groups attached to an aromatic ring is 1. The van der Waals surface area contributed by atoms with Crippen molar-refractivity contribution in [3.8, 4) is 0 Å². The Bertz CT molecular complexity index is 983. The number of nitrogens with zero attached hydrogens (tertiary/aromatic N) is 5. The van der Waals surface area contributed by atoms with E-state index in [1.54, 1.807) is 0 Å². The maximum Gasteiger partial charge on any atom is 0.227 e. The Balaban J connectivity index is 1.76. The highest BCUT2D eigenvalue weighted by molar-refractivity contribution is 6.31. The van der Waals surface area contributed by atoms with E-state index in [-0.39, 0.29) is 18.1 Å². The molecule has 3 aromatic rings. The van der Waals surface area contributed by atoms with Gasteiger partial charge in [-0.25, -0.2) is 15.0 Å². The Morgan fingerprint density at radius 1 is 1.30 bits per heavy atom. The standard InChI is InChI=1S/C18H20ClN7O/c1-10(23-18-22-9-21-17(20)25-18)14-7-11-6-12(19)2-3-15(11)24-16(14)26-5-4-13(27)8-26/h2-3,6-7,9-10,13,27H,4-5,8H2,1H3,(H3,20,21,22,23,25)/t10-,13-/m0/s1. The second-order valence-corrected chi connectivity index (χ2v) is 7.10. The molecular formula is C18H20ClN7O. The first-order valence-corrected chi connectivity index (χ1v) is 9.11. The molecule has 3 heterocycles. The molecule has 4 rings (SSSR count). The lowest BCUT2D eigenvalue weighted by molar-refractivity contribution is 0.198. The molecule has 1 fully saturated rings. The number of halogens is 1. The molecule has 0 spiro atoms. The third kappa shape index (κ3) is 3.72. The summed E-state index contributed by atoms with van der Waals surface area (Å²) in [7, 11) is 0. The number of β-amino-alcohol motifs (C(OH)–C–C–N with tert-alkyl or cyclic N) is 1. The number of hydrogen-bond acceptors (Lipinski definition) is 8. The zero-order valence-corrected chi connectivity index (χ0v) is 15.6. The van der Waals surface area contributed by atoms with Crippen LogP contribution in [0.5, 0.6) is 0 Å². The van der Waals surface area contributed by atoms with E-state index in [0.29, 0.717) is 17.5 Å². The van der Waals surface area contributed by atoms with Gasteiger partial charge in [0, 0.05) is 29.1 Å². The van der Waals surface area contributed by atoms with Crippen molar-refractivity contribution in [3.05, 3.63) is 41.2 Å². The lowest BCUT2D eigenvalue weighted by Gasteiger charge is -2.24. The summed E-state index contributed by atoms with van der Waals surface area (Å²) in [5.41, 5.74) is 7.47. The van der Waals surface area contributed by atoms with Crippen LogP contribution in [0.15, 0.2) is 30.6 Å². The van der Waals surface area contributed by atoms with Crippen molar-refractivity contribution >= 4 is 40.2 Å². The maximum atomic E-state index is 9.96. The predicted octanol–water partition coefficient (Wildman–Crippen LogP) is 2.40. The molecule has 1 saturated heterocycles. The van der Waals surface area contributed by atoms with E-state index < -0.39 is 0 Å². The van der Waals surface area contributed by atoms with Crippen molar-refractivity contribution in [3.63, 3.8) is 0 Å². The van der Waals surface area contributed by atoms with E-state index >= 15 is 0 Å². The molecule has 1 aliphatic rings. The number of aliphatic hydroxyl groups excluding tert-OH is 1. The highest BCUT2D eigenvalue weighted by Gasteiger charge is 2.26. The maximum absolute atomic E-state index is 9.96. The summed E-state index contributed by atoms with van der Waals surface area (Å²) in [5, 5.41) is 14.8. The quantitative estimate of drug-likeness (QED) is 0.627. The average molecular weight is 386 g/mol. The molecule has 27 heavy (non-hydrogen) atoms. The summed E-state index contributed by atoms with van der Waals surface area (Å²) in [6.07, 6.45) is 1.76. The van der Waals surface area contributed by atoms with Crippen LogP contribution in [0.2, 0.25) is 5.02 Å². The van der Waals surface area contributed by atoms with Crippen molar-refractivity contribution in [2.24, 2.45) is 0 Å². The molecule has 0 unspecified atom stereocenters. The fraction of sp³-hybridized carbons (Fsp3) is 0.333. The van der Waals surface area contributed by atoms with Crippen molar-refractivity contribution in [1.82, 2.24) is 19.9 Å². The second-order valence-electron chi connectivity index (χ2n) is 6.66. The van der Waals surface area contributed by atoms with Gasteiger partial charge in [-0.05, 0) is 37.6 Å². The molecular weight excluding hydrogens is 366 g/mol. The summed E-state index contributed by atoms with van der Waals surface area (Å²) in [5.74, 6) is 1.39. The van der Waals surface area contributed by atoms with Crippen LogP contribution >= 0.6 is 11.6 Å². The van der Waals surface area contributed by atoms with E-state index in [1.165, 1.54) is 6.33 Å². The predicted molar refractivity (Wildman–Crippen MR) is 106 cm³/mol. The Morgan fingerprint density at radius 3 is 2.89 bits per heavy atom. The molecule has 0 bridgehead atoms. The lowest BCUT2D eigenvalue weighted by Crippen LogP contribution is -2.25. The number of aliphatic hydroxyl groups is 1. The number of benzene rings is 1. The highest BCUT2D eigenvalue weighted by atomic mass is 35.5. The van der Waals surface area contributed by atoms with E-state index in [2.05, 4.69) is 31.2 Å². The first-order valence-electron chi connectivity index (χ1n) is 8.74. The molecule has 4 N–H and O–H groups in total. The van der Waals surface area contributed by atoms with E-state index in [0.717, 1.165) is 35.2 Å². The number of fused-ring (bicyclic) bond motifs is 1. The van der Waals surface area contributed by atoms with Gasteiger partial charge in [-0.2, -0.15) is 4.98 Å². The molecule has 8 nitrogen and oxygen atoms in total. The Morgan fingerprint density at radius 2 is 2.15 bits per heavy atom. The van der Waals surface area contributed by atoms with Gasteiger partial charge < -0.3 is 21.1 Å². The van der Waals surface area contributed by atoms with Gasteiger partial charge in [0.05, 0.1) is 17.7 Å². The smallest absolute Gasteiger partial charge is 0.227 e. The molecule has 0 aliphatic carbocycles. The van der Waals surface area contributed by atoms with Crippen molar-refractivity contribution in [1.29, 1.82) is 0 Å². The van der Waals surface area contributed by atoms with E-state index in [1.807, 2.05) is 25.1 Å². The van der Waals surface area contributed by atoms with E-state index in [9.17, 15) is 5.11 Å². The highest BCUT2D eigenvalue weighted by Crippen LogP contribution is 2.32. The van der Waals surface area contributed by atoms with Crippen LogP contribution in [0.3, 0.4) is 0 Å². The lowest BCUT2D eigenvalue weighted by atomic mass is 10.1. The van der Waals surface area contributed by atoms with Gasteiger partial charge >= 0.3 is 0 Å². The van der Waals surface area contributed by atoms with Crippen molar-refractivity contribution in [2.45, 2.75) is 25.5 Å². The molecule has 1 aliphatic heterocycles. The monoisotopic (exact) mass is 385 g/mol. The molecule has 2 atom stereocenters. The molecule has 140 valence electrons. The SMILES string of the molecule is C[C@H](Nc1ncnc(N)n1)c1cc2cc(Cl)ccc2nc1N1CC[C@H](O)C1. The summed E-state index contributed by atoms with van der Waals surface area (Å²) >= 11 is 6.16. The van der Waals surface area contributed by atoms with Gasteiger partial charge in [0.25, 0.3) is 0 Å². The van der Waals surface area contributed by atoms with Crippen LogP contribution in [0.1, 0.15) is 24.9 Å². The minimum Gasteiger partial charge on any atom is -0.391 e. The summed E-state index contributed by atoms with van der Waals surface area (Å²) < 4.78 is 0. The fourth-order valence-electron chi connectivity index (χ4n) is 3.31. The average Bonchev–Trinajstić information content (AvgIpc) is 3.07. The fourth-order valence-corrected chi connectivity index (χ4v) is 3.49. The zero-order valence-electron chi connectivity index (χ0n) is 14.8. The van der Waals surface area contributed by atoms with Gasteiger partial charge in [-0.3, -0.25) is 0 Å². The van der Waals surface area contributed by atoms with Crippen LogP contribution < -0.4 is 16.0 Å². The van der Waals surface area contributed by atoms with Gasteiger partial charge in [0.2, 0.25) is 11.9 Å². The third-order valence-corrected chi connectivity index (χ3v) is 4.89. The number of pyridine rings is 1. The van der Waals surface area contributed by atoms with E-state index in [4.69, 9.17) is 22.3 Å². The van der Waals surface area contributed by atoms with Gasteiger partial charge in [-0.1, -0.05) is 11.6 Å². The molecule has 0 amide bonds. The minimum atomic E-state index is -0.341. The van der Waals surface area contributed by atoms with Crippen LogP contribution in [-0.2, 0) is 0 Å².